The van der Waals surface area contributed by atoms with Gasteiger partial charge in [-0.15, -0.1) is 0 Å². The third kappa shape index (κ3) is 3.06. The molecule has 4 nitrogen and oxygen atoms in total. The summed E-state index contributed by atoms with van der Waals surface area (Å²) in [7, 11) is 2.07. The first-order chi connectivity index (χ1) is 10.1. The number of piperidine rings is 1. The summed E-state index contributed by atoms with van der Waals surface area (Å²) in [4.78, 5) is 5.36. The van der Waals surface area contributed by atoms with Crippen molar-refractivity contribution in [2.24, 2.45) is 7.05 Å². The SMILES string of the molecule is CCc1nn(C)c(CN2CC3CCCCN3CC2C)c1Br. The lowest BCUT2D eigenvalue weighted by Gasteiger charge is -2.47. The van der Waals surface area contributed by atoms with Crippen molar-refractivity contribution < 1.29 is 0 Å². The predicted octanol–water partition coefficient (Wildman–Crippen LogP) is 2.80. The number of aryl methyl sites for hydroxylation is 2. The van der Waals surface area contributed by atoms with E-state index >= 15 is 0 Å². The summed E-state index contributed by atoms with van der Waals surface area (Å²) < 4.78 is 3.27. The number of hydrogen-bond donors (Lipinski definition) is 0. The van der Waals surface area contributed by atoms with Crippen LogP contribution in [-0.2, 0) is 20.0 Å². The quantitative estimate of drug-likeness (QED) is 0.833. The molecule has 21 heavy (non-hydrogen) atoms. The smallest absolute Gasteiger partial charge is 0.0767 e. The van der Waals surface area contributed by atoms with Gasteiger partial charge in [-0.3, -0.25) is 14.5 Å². The van der Waals surface area contributed by atoms with Crippen LogP contribution in [0, 0.1) is 0 Å². The molecular weight excluding hydrogens is 328 g/mol. The zero-order chi connectivity index (χ0) is 15.0. The second-order valence-electron chi connectivity index (χ2n) is 6.61. The largest absolute Gasteiger partial charge is 0.298 e. The molecule has 0 aliphatic carbocycles. The molecule has 0 aromatic carbocycles. The third-order valence-electron chi connectivity index (χ3n) is 5.17. The highest BCUT2D eigenvalue weighted by Crippen LogP contribution is 2.28. The van der Waals surface area contributed by atoms with Gasteiger partial charge in [0.1, 0.15) is 0 Å². The summed E-state index contributed by atoms with van der Waals surface area (Å²) in [6.45, 7) is 9.28. The van der Waals surface area contributed by atoms with Gasteiger partial charge in [-0.05, 0) is 48.7 Å². The third-order valence-corrected chi connectivity index (χ3v) is 6.09. The van der Waals surface area contributed by atoms with Crippen LogP contribution in [0.15, 0.2) is 4.47 Å². The Hall–Kier alpha value is -0.390. The maximum Gasteiger partial charge on any atom is 0.0767 e. The highest BCUT2D eigenvalue weighted by molar-refractivity contribution is 9.10. The van der Waals surface area contributed by atoms with E-state index in [1.807, 2.05) is 0 Å². The number of fused-ring (bicyclic) bond motifs is 1. The minimum absolute atomic E-state index is 0.631. The molecule has 2 atom stereocenters. The normalized spacial score (nSPS) is 27.8. The summed E-state index contributed by atoms with van der Waals surface area (Å²) in [6.07, 6.45) is 5.14. The van der Waals surface area contributed by atoms with Gasteiger partial charge in [-0.1, -0.05) is 13.3 Å². The Balaban J connectivity index is 1.74. The summed E-state index contributed by atoms with van der Waals surface area (Å²) in [5.41, 5.74) is 2.50. The van der Waals surface area contributed by atoms with E-state index in [2.05, 4.69) is 56.4 Å². The van der Waals surface area contributed by atoms with E-state index < -0.39 is 0 Å². The molecule has 0 amide bonds. The minimum Gasteiger partial charge on any atom is -0.298 e. The lowest BCUT2D eigenvalue weighted by molar-refractivity contribution is 0.00987. The Kier molecular flexibility index (Phi) is 4.71. The molecule has 1 aromatic rings. The number of hydrogen-bond acceptors (Lipinski definition) is 3. The number of piperazine rings is 1. The van der Waals surface area contributed by atoms with E-state index in [4.69, 9.17) is 0 Å². The Morgan fingerprint density at radius 2 is 2.10 bits per heavy atom. The van der Waals surface area contributed by atoms with Crippen molar-refractivity contribution in [2.45, 2.75) is 58.2 Å². The Labute approximate surface area is 136 Å². The molecule has 0 spiro atoms. The van der Waals surface area contributed by atoms with Gasteiger partial charge in [0.2, 0.25) is 0 Å². The second kappa shape index (κ2) is 6.39. The van der Waals surface area contributed by atoms with Crippen LogP contribution in [0.2, 0.25) is 0 Å². The Morgan fingerprint density at radius 1 is 1.29 bits per heavy atom. The summed E-state index contributed by atoms with van der Waals surface area (Å²) >= 11 is 3.76. The molecule has 3 heterocycles. The van der Waals surface area contributed by atoms with Crippen LogP contribution in [0.4, 0.5) is 0 Å². The van der Waals surface area contributed by atoms with Crippen molar-refractivity contribution in [1.82, 2.24) is 19.6 Å². The maximum atomic E-state index is 4.63. The van der Waals surface area contributed by atoms with Crippen molar-refractivity contribution in [3.63, 3.8) is 0 Å². The van der Waals surface area contributed by atoms with Gasteiger partial charge in [0.15, 0.2) is 0 Å². The molecule has 0 radical (unpaired) electrons. The summed E-state index contributed by atoms with van der Waals surface area (Å²) in [5.74, 6) is 0. The topological polar surface area (TPSA) is 24.3 Å². The molecule has 3 rings (SSSR count). The van der Waals surface area contributed by atoms with Crippen LogP contribution in [0.3, 0.4) is 0 Å². The van der Waals surface area contributed by atoms with Crippen LogP contribution in [0.25, 0.3) is 0 Å². The van der Waals surface area contributed by atoms with E-state index in [1.165, 1.54) is 54.8 Å². The molecule has 0 bridgehead atoms. The van der Waals surface area contributed by atoms with E-state index in [1.54, 1.807) is 0 Å². The average Bonchev–Trinajstić information content (AvgIpc) is 2.75. The van der Waals surface area contributed by atoms with Gasteiger partial charge in [0.25, 0.3) is 0 Å². The fourth-order valence-corrected chi connectivity index (χ4v) is 4.56. The Bertz CT molecular complexity index is 499. The minimum atomic E-state index is 0.631. The summed E-state index contributed by atoms with van der Waals surface area (Å²) in [6, 6.07) is 1.40. The van der Waals surface area contributed by atoms with Crippen molar-refractivity contribution in [2.75, 3.05) is 19.6 Å². The van der Waals surface area contributed by atoms with E-state index in [0.717, 1.165) is 19.0 Å². The standard InChI is InChI=1S/C16H27BrN4/c1-4-14-16(17)15(19(3)18-14)11-21-10-13-7-5-6-8-20(13)9-12(21)2/h12-13H,4-11H2,1-3H3. The molecule has 2 aliphatic heterocycles. The van der Waals surface area contributed by atoms with Crippen LogP contribution >= 0.6 is 15.9 Å². The van der Waals surface area contributed by atoms with Gasteiger partial charge >= 0.3 is 0 Å². The average molecular weight is 355 g/mol. The van der Waals surface area contributed by atoms with Crippen molar-refractivity contribution >= 4 is 15.9 Å². The molecular formula is C16H27BrN4. The number of rotatable bonds is 3. The number of aromatic nitrogens is 2. The molecule has 2 saturated heterocycles. The first-order valence-corrected chi connectivity index (χ1v) is 9.07. The molecule has 118 valence electrons. The van der Waals surface area contributed by atoms with Crippen LogP contribution in [-0.4, -0.2) is 51.3 Å². The van der Waals surface area contributed by atoms with Crippen LogP contribution in [0.5, 0.6) is 0 Å². The van der Waals surface area contributed by atoms with Crippen molar-refractivity contribution in [3.05, 3.63) is 15.9 Å². The molecule has 2 fully saturated rings. The molecule has 2 aliphatic rings. The Morgan fingerprint density at radius 3 is 2.81 bits per heavy atom. The maximum absolute atomic E-state index is 4.63. The first kappa shape index (κ1) is 15.5. The van der Waals surface area contributed by atoms with E-state index in [0.29, 0.717) is 6.04 Å². The van der Waals surface area contributed by atoms with Gasteiger partial charge in [0, 0.05) is 38.8 Å². The second-order valence-corrected chi connectivity index (χ2v) is 7.40. The van der Waals surface area contributed by atoms with Crippen LogP contribution < -0.4 is 0 Å². The molecule has 5 heteroatoms. The number of nitrogens with zero attached hydrogens (tertiary/aromatic N) is 4. The molecule has 0 saturated carbocycles. The van der Waals surface area contributed by atoms with E-state index in [9.17, 15) is 0 Å². The summed E-state index contributed by atoms with van der Waals surface area (Å²) in [5, 5.41) is 4.63. The van der Waals surface area contributed by atoms with Gasteiger partial charge in [0.05, 0.1) is 15.9 Å². The highest BCUT2D eigenvalue weighted by atomic mass is 79.9. The van der Waals surface area contributed by atoms with E-state index in [-0.39, 0.29) is 0 Å². The van der Waals surface area contributed by atoms with Gasteiger partial charge < -0.3 is 0 Å². The van der Waals surface area contributed by atoms with Gasteiger partial charge in [-0.25, -0.2) is 0 Å². The zero-order valence-electron chi connectivity index (χ0n) is 13.5. The fraction of sp³-hybridized carbons (Fsp3) is 0.812. The molecule has 2 unspecified atom stereocenters. The highest BCUT2D eigenvalue weighted by Gasteiger charge is 2.33. The van der Waals surface area contributed by atoms with Gasteiger partial charge in [-0.2, -0.15) is 5.10 Å². The molecule has 1 aromatic heterocycles. The lowest BCUT2D eigenvalue weighted by Crippen LogP contribution is -2.58. The first-order valence-electron chi connectivity index (χ1n) is 8.28. The zero-order valence-corrected chi connectivity index (χ0v) is 15.1. The predicted molar refractivity (Wildman–Crippen MR) is 89.4 cm³/mol. The van der Waals surface area contributed by atoms with Crippen molar-refractivity contribution in [3.8, 4) is 0 Å². The fourth-order valence-electron chi connectivity index (χ4n) is 3.82. The lowest BCUT2D eigenvalue weighted by atomic mass is 9.97. The number of halogens is 1. The van der Waals surface area contributed by atoms with Crippen LogP contribution in [0.1, 0.15) is 44.5 Å². The van der Waals surface area contributed by atoms with Crippen molar-refractivity contribution in [1.29, 1.82) is 0 Å². The monoisotopic (exact) mass is 354 g/mol. The molecule has 0 N–H and O–H groups in total.